The van der Waals surface area contributed by atoms with Crippen molar-refractivity contribution in [3.8, 4) is 0 Å². The van der Waals surface area contributed by atoms with Crippen LogP contribution in [0.3, 0.4) is 0 Å². The third-order valence-electron chi connectivity index (χ3n) is 4.51. The van der Waals surface area contributed by atoms with Crippen molar-refractivity contribution >= 4 is 15.9 Å². The van der Waals surface area contributed by atoms with Crippen LogP contribution in [0.1, 0.15) is 36.3 Å². The van der Waals surface area contributed by atoms with Crippen molar-refractivity contribution in [2.45, 2.75) is 37.4 Å². The molecule has 0 radical (unpaired) electrons. The zero-order chi connectivity index (χ0) is 17.2. The summed E-state index contributed by atoms with van der Waals surface area (Å²) in [5.41, 5.74) is -0.382. The molecule has 8 nitrogen and oxygen atoms in total. The third kappa shape index (κ3) is 4.08. The van der Waals surface area contributed by atoms with Crippen molar-refractivity contribution in [3.63, 3.8) is 0 Å². The van der Waals surface area contributed by atoms with E-state index >= 15 is 0 Å². The van der Waals surface area contributed by atoms with Crippen LogP contribution in [0, 0.1) is 0 Å². The predicted molar refractivity (Wildman–Crippen MR) is 86.9 cm³/mol. The molecule has 1 spiro atoms. The fourth-order valence-electron chi connectivity index (χ4n) is 3.38. The van der Waals surface area contributed by atoms with Crippen molar-refractivity contribution < 1.29 is 17.9 Å². The molecule has 0 bridgehead atoms. The van der Waals surface area contributed by atoms with Gasteiger partial charge in [0.25, 0.3) is 5.91 Å². The van der Waals surface area contributed by atoms with Crippen molar-refractivity contribution in [1.29, 1.82) is 0 Å². The van der Waals surface area contributed by atoms with Gasteiger partial charge in [0.05, 0.1) is 24.5 Å². The highest BCUT2D eigenvalue weighted by molar-refractivity contribution is 7.88. The van der Waals surface area contributed by atoms with Crippen LogP contribution >= 0.6 is 0 Å². The number of likely N-dealkylation sites (tertiary alicyclic amines) is 1. The Kier molecular flexibility index (Phi) is 4.84. The van der Waals surface area contributed by atoms with Crippen LogP contribution in [0.4, 0.5) is 0 Å². The van der Waals surface area contributed by atoms with E-state index in [1.807, 2.05) is 0 Å². The summed E-state index contributed by atoms with van der Waals surface area (Å²) in [4.78, 5) is 22.2. The van der Waals surface area contributed by atoms with Gasteiger partial charge in [-0.1, -0.05) is 0 Å². The van der Waals surface area contributed by atoms with Gasteiger partial charge in [-0.3, -0.25) is 4.79 Å². The fourth-order valence-corrected chi connectivity index (χ4v) is 3.87. The Bertz CT molecular complexity index is 697. The van der Waals surface area contributed by atoms with Gasteiger partial charge >= 0.3 is 0 Å². The van der Waals surface area contributed by atoms with Crippen LogP contribution in [0.5, 0.6) is 0 Å². The number of hydrogen-bond acceptors (Lipinski definition) is 6. The van der Waals surface area contributed by atoms with Crippen molar-refractivity contribution in [2.75, 3.05) is 25.9 Å². The monoisotopic (exact) mass is 354 g/mol. The number of ether oxygens (including phenoxy) is 1. The predicted octanol–water partition coefficient (Wildman–Crippen LogP) is 0.180. The Morgan fingerprint density at radius 3 is 2.88 bits per heavy atom. The van der Waals surface area contributed by atoms with E-state index < -0.39 is 10.0 Å². The molecule has 132 valence electrons. The number of nitrogens with one attached hydrogen (secondary N) is 1. The summed E-state index contributed by atoms with van der Waals surface area (Å²) in [5.74, 6) is 0.00751. The summed E-state index contributed by atoms with van der Waals surface area (Å²) in [6, 6.07) is 1.67. The average Bonchev–Trinajstić information content (AvgIpc) is 2.96. The van der Waals surface area contributed by atoms with E-state index in [-0.39, 0.29) is 30.0 Å². The molecule has 0 aliphatic carbocycles. The van der Waals surface area contributed by atoms with Gasteiger partial charge in [0.2, 0.25) is 15.8 Å². The minimum atomic E-state index is -3.23. The molecule has 24 heavy (non-hydrogen) atoms. The van der Waals surface area contributed by atoms with Crippen molar-refractivity contribution in [3.05, 3.63) is 24.3 Å². The van der Waals surface area contributed by atoms with E-state index in [1.165, 1.54) is 0 Å². The first-order chi connectivity index (χ1) is 11.4. The Morgan fingerprint density at radius 1 is 1.42 bits per heavy atom. The number of rotatable bonds is 4. The van der Waals surface area contributed by atoms with Crippen LogP contribution in [-0.4, -0.2) is 66.8 Å². The zero-order valence-electron chi connectivity index (χ0n) is 13.6. The molecular formula is C15H22N4O4S. The standard InChI is InChI=1S/C15H22N4O4S/c1-24(21,22)18-10-12-4-2-5-15(23-12)6-9-19(11-15)14(20)13-16-7-3-8-17-13/h3,7-8,12,18H,2,4-6,9-11H2,1H3/t12-,15-/m1/s1. The number of hydrogen-bond donors (Lipinski definition) is 1. The maximum Gasteiger partial charge on any atom is 0.291 e. The molecule has 2 saturated heterocycles. The lowest BCUT2D eigenvalue weighted by Gasteiger charge is -2.38. The molecule has 0 aromatic carbocycles. The summed E-state index contributed by atoms with van der Waals surface area (Å²) < 4.78 is 31.2. The minimum Gasteiger partial charge on any atom is -0.368 e. The lowest BCUT2D eigenvalue weighted by molar-refractivity contribution is -0.116. The summed E-state index contributed by atoms with van der Waals surface area (Å²) in [6.07, 6.45) is 7.49. The van der Waals surface area contributed by atoms with E-state index in [4.69, 9.17) is 4.74 Å². The first-order valence-corrected chi connectivity index (χ1v) is 9.95. The van der Waals surface area contributed by atoms with Crippen LogP contribution in [0.15, 0.2) is 18.5 Å². The highest BCUT2D eigenvalue weighted by Gasteiger charge is 2.44. The number of aromatic nitrogens is 2. The Morgan fingerprint density at radius 2 is 2.17 bits per heavy atom. The molecule has 0 unspecified atom stereocenters. The van der Waals surface area contributed by atoms with Gasteiger partial charge in [0.1, 0.15) is 0 Å². The molecule has 9 heteroatoms. The molecule has 2 aliphatic heterocycles. The van der Waals surface area contributed by atoms with Gasteiger partial charge in [-0.15, -0.1) is 0 Å². The van der Waals surface area contributed by atoms with Gasteiger partial charge < -0.3 is 9.64 Å². The molecule has 1 N–H and O–H groups in total. The van der Waals surface area contributed by atoms with Gasteiger partial charge in [-0.2, -0.15) is 0 Å². The number of nitrogens with zero attached hydrogens (tertiary/aromatic N) is 3. The lowest BCUT2D eigenvalue weighted by atomic mass is 9.90. The molecule has 1 aromatic heterocycles. The summed E-state index contributed by atoms with van der Waals surface area (Å²) in [7, 11) is -3.23. The van der Waals surface area contributed by atoms with Crippen molar-refractivity contribution in [2.24, 2.45) is 0 Å². The van der Waals surface area contributed by atoms with Gasteiger partial charge in [0, 0.05) is 25.5 Å². The largest absolute Gasteiger partial charge is 0.368 e. The highest BCUT2D eigenvalue weighted by atomic mass is 32.2. The second-order valence-electron chi connectivity index (χ2n) is 6.48. The smallest absolute Gasteiger partial charge is 0.291 e. The Labute approximate surface area is 141 Å². The normalized spacial score (nSPS) is 27.5. The number of amides is 1. The van der Waals surface area contributed by atoms with Crippen LogP contribution in [-0.2, 0) is 14.8 Å². The maximum absolute atomic E-state index is 12.5. The van der Waals surface area contributed by atoms with E-state index in [9.17, 15) is 13.2 Å². The van der Waals surface area contributed by atoms with Crippen molar-refractivity contribution in [1.82, 2.24) is 19.6 Å². The van der Waals surface area contributed by atoms with E-state index in [0.717, 1.165) is 31.9 Å². The van der Waals surface area contributed by atoms with E-state index in [1.54, 1.807) is 23.4 Å². The molecule has 3 rings (SSSR count). The average molecular weight is 354 g/mol. The first-order valence-electron chi connectivity index (χ1n) is 8.06. The summed E-state index contributed by atoms with van der Waals surface area (Å²) in [5, 5.41) is 0. The number of carbonyl (C=O) groups excluding carboxylic acids is 1. The van der Waals surface area contributed by atoms with Crippen LogP contribution in [0.2, 0.25) is 0 Å². The van der Waals surface area contributed by atoms with Gasteiger partial charge in [-0.05, 0) is 31.7 Å². The van der Waals surface area contributed by atoms with E-state index in [0.29, 0.717) is 13.1 Å². The summed E-state index contributed by atoms with van der Waals surface area (Å²) in [6.45, 7) is 1.37. The Balaban J connectivity index is 1.62. The topological polar surface area (TPSA) is 101 Å². The molecule has 1 amide bonds. The second-order valence-corrected chi connectivity index (χ2v) is 8.32. The van der Waals surface area contributed by atoms with E-state index in [2.05, 4.69) is 14.7 Å². The maximum atomic E-state index is 12.5. The fraction of sp³-hybridized carbons (Fsp3) is 0.667. The Hall–Kier alpha value is -1.58. The molecule has 2 atom stereocenters. The second kappa shape index (κ2) is 6.73. The van der Waals surface area contributed by atoms with Crippen LogP contribution < -0.4 is 4.72 Å². The minimum absolute atomic E-state index is 0.156. The molecule has 2 fully saturated rings. The SMILES string of the molecule is CS(=O)(=O)NC[C@H]1CCC[C@]2(CCN(C(=O)c3ncccn3)C2)O1. The quantitative estimate of drug-likeness (QED) is 0.828. The number of carbonyl (C=O) groups is 1. The molecule has 2 aliphatic rings. The summed E-state index contributed by atoms with van der Waals surface area (Å²) >= 11 is 0. The third-order valence-corrected chi connectivity index (χ3v) is 5.20. The molecule has 1 aromatic rings. The van der Waals surface area contributed by atoms with Crippen LogP contribution in [0.25, 0.3) is 0 Å². The molecular weight excluding hydrogens is 332 g/mol. The first kappa shape index (κ1) is 17.2. The molecule has 3 heterocycles. The van der Waals surface area contributed by atoms with Gasteiger partial charge in [-0.25, -0.2) is 23.1 Å². The number of sulfonamides is 1. The zero-order valence-corrected chi connectivity index (χ0v) is 14.5. The lowest BCUT2D eigenvalue weighted by Crippen LogP contribution is -2.47. The molecule has 0 saturated carbocycles. The van der Waals surface area contributed by atoms with Gasteiger partial charge in [0.15, 0.2) is 0 Å². The highest BCUT2D eigenvalue weighted by Crippen LogP contribution is 2.36.